The average molecular weight is 362 g/mol. The lowest BCUT2D eigenvalue weighted by Crippen LogP contribution is -2.41. The minimum Gasteiger partial charge on any atom is -0.399 e. The van der Waals surface area contributed by atoms with Gasteiger partial charge in [-0.25, -0.2) is 0 Å². The molecule has 1 aliphatic rings. The van der Waals surface area contributed by atoms with E-state index in [0.717, 1.165) is 11.6 Å². The van der Waals surface area contributed by atoms with Crippen LogP contribution in [0, 0.1) is 0 Å². The maximum absolute atomic E-state index is 13.4. The van der Waals surface area contributed by atoms with Crippen LogP contribution in [0.5, 0.6) is 0 Å². The fourth-order valence-corrected chi connectivity index (χ4v) is 2.93. The molecule has 0 atom stereocenters. The summed E-state index contributed by atoms with van der Waals surface area (Å²) in [6.07, 6.45) is -4.01. The third-order valence-corrected chi connectivity index (χ3v) is 5.12. The summed E-state index contributed by atoms with van der Waals surface area (Å²) >= 11 is 0. The largest absolute Gasteiger partial charge is 0.494 e. The van der Waals surface area contributed by atoms with Gasteiger partial charge in [0.15, 0.2) is 0 Å². The van der Waals surface area contributed by atoms with E-state index in [2.05, 4.69) is 0 Å². The van der Waals surface area contributed by atoms with Gasteiger partial charge in [0.25, 0.3) is 0 Å². The molecule has 3 rings (SSSR count). The van der Waals surface area contributed by atoms with Crippen molar-refractivity contribution in [2.24, 2.45) is 0 Å². The normalized spacial score (nSPS) is 19.0. The van der Waals surface area contributed by atoms with Crippen molar-refractivity contribution < 1.29 is 22.5 Å². The smallest absolute Gasteiger partial charge is 0.399 e. The highest BCUT2D eigenvalue weighted by atomic mass is 19.4. The van der Waals surface area contributed by atoms with E-state index in [1.165, 1.54) is 6.07 Å². The van der Waals surface area contributed by atoms with Crippen LogP contribution in [0.3, 0.4) is 0 Å². The third-order valence-electron chi connectivity index (χ3n) is 5.12. The second kappa shape index (κ2) is 6.43. The highest BCUT2D eigenvalue weighted by molar-refractivity contribution is 6.62. The quantitative estimate of drug-likeness (QED) is 0.744. The van der Waals surface area contributed by atoms with Crippen molar-refractivity contribution in [1.82, 2.24) is 0 Å². The molecule has 6 heteroatoms. The van der Waals surface area contributed by atoms with Gasteiger partial charge in [-0.1, -0.05) is 42.5 Å². The standard InChI is InChI=1S/C20H22BF3O2/c1-18(2)19(3,4)26-21(25-18)17-12-15(10-14-8-6-5-7-9-14)11-16(13-17)20(22,23)24/h5-9,11-13H,10H2,1-4H3. The number of hydrogen-bond acceptors (Lipinski definition) is 2. The van der Waals surface area contributed by atoms with E-state index in [1.54, 1.807) is 6.07 Å². The first-order chi connectivity index (χ1) is 12.0. The summed E-state index contributed by atoms with van der Waals surface area (Å²) in [5.41, 5.74) is 0.0271. The van der Waals surface area contributed by atoms with E-state index >= 15 is 0 Å². The van der Waals surface area contributed by atoms with Crippen LogP contribution < -0.4 is 5.46 Å². The van der Waals surface area contributed by atoms with E-state index in [9.17, 15) is 13.2 Å². The van der Waals surface area contributed by atoms with Crippen molar-refractivity contribution in [2.75, 3.05) is 0 Å². The summed E-state index contributed by atoms with van der Waals surface area (Å²) in [7, 11) is -0.822. The predicted molar refractivity (Wildman–Crippen MR) is 96.4 cm³/mol. The van der Waals surface area contributed by atoms with Crippen LogP contribution in [0.1, 0.15) is 44.4 Å². The first-order valence-corrected chi connectivity index (χ1v) is 8.59. The predicted octanol–water partition coefficient (Wildman–Crippen LogP) is 4.60. The Morgan fingerprint density at radius 1 is 0.846 bits per heavy atom. The zero-order chi connectivity index (χ0) is 19.2. The monoisotopic (exact) mass is 362 g/mol. The fraction of sp³-hybridized carbons (Fsp3) is 0.400. The van der Waals surface area contributed by atoms with Gasteiger partial charge in [-0.3, -0.25) is 0 Å². The van der Waals surface area contributed by atoms with Crippen LogP contribution in [0.2, 0.25) is 0 Å². The average Bonchev–Trinajstić information content (AvgIpc) is 2.75. The summed E-state index contributed by atoms with van der Waals surface area (Å²) in [6.45, 7) is 7.52. The minimum atomic E-state index is -4.43. The summed E-state index contributed by atoms with van der Waals surface area (Å²) in [5.74, 6) is 0. The Morgan fingerprint density at radius 2 is 1.42 bits per heavy atom. The van der Waals surface area contributed by atoms with Gasteiger partial charge in [0.05, 0.1) is 16.8 Å². The second-order valence-electron chi connectivity index (χ2n) is 7.71. The van der Waals surface area contributed by atoms with Crippen molar-refractivity contribution in [3.05, 3.63) is 65.2 Å². The van der Waals surface area contributed by atoms with Crippen LogP contribution >= 0.6 is 0 Å². The fourth-order valence-electron chi connectivity index (χ4n) is 2.93. The maximum Gasteiger partial charge on any atom is 0.494 e. The Balaban J connectivity index is 1.99. The van der Waals surface area contributed by atoms with Gasteiger partial charge in [0.2, 0.25) is 0 Å². The molecule has 0 amide bonds. The van der Waals surface area contributed by atoms with Crippen molar-refractivity contribution in [2.45, 2.75) is 51.5 Å². The molecule has 1 aliphatic heterocycles. The Hall–Kier alpha value is -1.79. The molecule has 26 heavy (non-hydrogen) atoms. The van der Waals surface area contributed by atoms with Gasteiger partial charge in [-0.05, 0) is 56.8 Å². The molecular weight excluding hydrogens is 340 g/mol. The van der Waals surface area contributed by atoms with E-state index in [0.29, 0.717) is 17.4 Å². The Bertz CT molecular complexity index is 769. The zero-order valence-corrected chi connectivity index (χ0v) is 15.4. The van der Waals surface area contributed by atoms with Gasteiger partial charge in [0, 0.05) is 0 Å². The van der Waals surface area contributed by atoms with E-state index in [4.69, 9.17) is 9.31 Å². The third kappa shape index (κ3) is 3.81. The molecule has 0 spiro atoms. The molecule has 138 valence electrons. The molecule has 0 aromatic heterocycles. The molecule has 0 N–H and O–H groups in total. The molecule has 1 fully saturated rings. The molecule has 0 radical (unpaired) electrons. The summed E-state index contributed by atoms with van der Waals surface area (Å²) in [5, 5.41) is 0. The van der Waals surface area contributed by atoms with Gasteiger partial charge in [-0.2, -0.15) is 13.2 Å². The van der Waals surface area contributed by atoms with Gasteiger partial charge in [-0.15, -0.1) is 0 Å². The molecule has 0 unspecified atom stereocenters. The molecule has 2 nitrogen and oxygen atoms in total. The lowest BCUT2D eigenvalue weighted by atomic mass is 9.77. The molecule has 2 aromatic carbocycles. The van der Waals surface area contributed by atoms with Crippen LogP contribution in [0.4, 0.5) is 13.2 Å². The number of alkyl halides is 3. The zero-order valence-electron chi connectivity index (χ0n) is 15.4. The van der Waals surface area contributed by atoms with Crippen molar-refractivity contribution in [3.8, 4) is 0 Å². The lowest BCUT2D eigenvalue weighted by Gasteiger charge is -2.32. The Labute approximate surface area is 152 Å². The Kier molecular flexibility index (Phi) is 4.70. The van der Waals surface area contributed by atoms with Gasteiger partial charge in [0.1, 0.15) is 0 Å². The maximum atomic E-state index is 13.4. The molecule has 1 saturated heterocycles. The summed E-state index contributed by atoms with van der Waals surface area (Å²) in [6, 6.07) is 13.5. The SMILES string of the molecule is CC1(C)OB(c2cc(Cc3ccccc3)cc(C(F)(F)F)c2)OC1(C)C. The van der Waals surface area contributed by atoms with Crippen molar-refractivity contribution in [1.29, 1.82) is 0 Å². The lowest BCUT2D eigenvalue weighted by molar-refractivity contribution is -0.137. The molecule has 2 aromatic rings. The number of benzene rings is 2. The van der Waals surface area contributed by atoms with Gasteiger partial charge < -0.3 is 9.31 Å². The van der Waals surface area contributed by atoms with Crippen LogP contribution in [0.25, 0.3) is 0 Å². The second-order valence-corrected chi connectivity index (χ2v) is 7.71. The summed E-state index contributed by atoms with van der Waals surface area (Å²) < 4.78 is 52.1. The van der Waals surface area contributed by atoms with E-state index in [1.807, 2.05) is 58.0 Å². The highest BCUT2D eigenvalue weighted by Crippen LogP contribution is 2.37. The first-order valence-electron chi connectivity index (χ1n) is 8.59. The number of halogens is 3. The molecule has 0 bridgehead atoms. The number of hydrogen-bond donors (Lipinski definition) is 0. The van der Waals surface area contributed by atoms with Crippen LogP contribution in [-0.4, -0.2) is 18.3 Å². The van der Waals surface area contributed by atoms with Crippen molar-refractivity contribution in [3.63, 3.8) is 0 Å². The van der Waals surface area contributed by atoms with Gasteiger partial charge >= 0.3 is 13.3 Å². The van der Waals surface area contributed by atoms with E-state index in [-0.39, 0.29) is 0 Å². The molecule has 0 aliphatic carbocycles. The molecule has 1 heterocycles. The first kappa shape index (κ1) is 19.0. The van der Waals surface area contributed by atoms with Crippen molar-refractivity contribution >= 4 is 12.6 Å². The minimum absolute atomic E-state index is 0.393. The topological polar surface area (TPSA) is 18.5 Å². The van der Waals surface area contributed by atoms with E-state index < -0.39 is 30.1 Å². The van der Waals surface area contributed by atoms with Crippen LogP contribution in [-0.2, 0) is 21.9 Å². The Morgan fingerprint density at radius 3 is 1.96 bits per heavy atom. The number of rotatable bonds is 3. The van der Waals surface area contributed by atoms with Crippen LogP contribution in [0.15, 0.2) is 48.5 Å². The summed E-state index contributed by atoms with van der Waals surface area (Å²) in [4.78, 5) is 0. The highest BCUT2D eigenvalue weighted by Gasteiger charge is 2.52. The molecule has 0 saturated carbocycles. The molecular formula is C20H22BF3O2.